The minimum Gasteiger partial charge on any atom is -0.302 e. The van der Waals surface area contributed by atoms with Crippen LogP contribution in [0.25, 0.3) is 16.0 Å². The Morgan fingerprint density at radius 3 is 2.67 bits per heavy atom. The lowest BCUT2D eigenvalue weighted by Crippen LogP contribution is -2.14. The van der Waals surface area contributed by atoms with Crippen LogP contribution in [-0.2, 0) is 17.4 Å². The largest absolute Gasteiger partial charge is 0.453 e. The van der Waals surface area contributed by atoms with Gasteiger partial charge in [0.25, 0.3) is 11.6 Å². The molecule has 0 aliphatic heterocycles. The van der Waals surface area contributed by atoms with Gasteiger partial charge in [0.05, 0.1) is 10.2 Å². The molecule has 7 nitrogen and oxygen atoms in total. The van der Waals surface area contributed by atoms with Crippen molar-refractivity contribution in [2.45, 2.75) is 39.8 Å². The lowest BCUT2D eigenvalue weighted by atomic mass is 10.1. The van der Waals surface area contributed by atoms with Crippen molar-refractivity contribution < 1.29 is 18.0 Å². The minimum atomic E-state index is -4.65. The molecule has 4 rings (SSSR count). The molecule has 3 aromatic heterocycles. The van der Waals surface area contributed by atoms with Gasteiger partial charge in [0.15, 0.2) is 5.13 Å². The summed E-state index contributed by atoms with van der Waals surface area (Å²) in [5.74, 6) is -1.59. The summed E-state index contributed by atoms with van der Waals surface area (Å²) in [6, 6.07) is 5.86. The summed E-state index contributed by atoms with van der Waals surface area (Å²) in [6.07, 6.45) is -4.22. The first-order chi connectivity index (χ1) is 14.1. The zero-order valence-corrected chi connectivity index (χ0v) is 17.1. The summed E-state index contributed by atoms with van der Waals surface area (Å²) < 4.78 is 40.7. The van der Waals surface area contributed by atoms with Crippen molar-refractivity contribution in [1.82, 2.24) is 24.6 Å². The summed E-state index contributed by atoms with van der Waals surface area (Å²) in [6.45, 7) is 5.30. The van der Waals surface area contributed by atoms with Gasteiger partial charge in [-0.2, -0.15) is 18.2 Å². The van der Waals surface area contributed by atoms with E-state index in [-0.39, 0.29) is 18.1 Å². The number of carbonyl (C=O) groups excluding carboxylic acids is 1. The number of nitrogens with zero attached hydrogens (tertiary/aromatic N) is 5. The fraction of sp³-hybridized carbons (Fsp3) is 0.316. The van der Waals surface area contributed by atoms with Crippen molar-refractivity contribution in [2.75, 3.05) is 5.32 Å². The zero-order chi connectivity index (χ0) is 21.6. The van der Waals surface area contributed by atoms with E-state index < -0.39 is 12.0 Å². The Kier molecular flexibility index (Phi) is 4.92. The van der Waals surface area contributed by atoms with Crippen LogP contribution in [0.5, 0.6) is 0 Å². The highest BCUT2D eigenvalue weighted by Gasteiger charge is 2.37. The van der Waals surface area contributed by atoms with Gasteiger partial charge < -0.3 is 5.32 Å². The fourth-order valence-corrected chi connectivity index (χ4v) is 4.18. The number of halogens is 3. The molecule has 3 heterocycles. The molecule has 0 aliphatic carbocycles. The molecule has 0 unspecified atom stereocenters. The third-order valence-corrected chi connectivity index (χ3v) is 5.63. The Hall–Kier alpha value is -3.08. The van der Waals surface area contributed by atoms with Crippen molar-refractivity contribution in [3.05, 3.63) is 46.5 Å². The van der Waals surface area contributed by atoms with E-state index in [2.05, 4.69) is 25.4 Å². The predicted octanol–water partition coefficient (Wildman–Crippen LogP) is 4.25. The molecule has 0 atom stereocenters. The number of aryl methyl sites for hydroxylation is 3. The summed E-state index contributed by atoms with van der Waals surface area (Å²) in [5.41, 5.74) is 3.58. The fourth-order valence-electron chi connectivity index (χ4n) is 3.20. The van der Waals surface area contributed by atoms with E-state index in [4.69, 9.17) is 0 Å². The van der Waals surface area contributed by atoms with Crippen LogP contribution in [0, 0.1) is 20.8 Å². The second-order valence-corrected chi connectivity index (χ2v) is 7.98. The first-order valence-electron chi connectivity index (χ1n) is 9.09. The summed E-state index contributed by atoms with van der Waals surface area (Å²) in [7, 11) is 0. The Balaban J connectivity index is 1.51. The SMILES string of the molecule is Cc1ccc2nc(NC(=O)CCc3c(C)nc4nc(C(F)(F)F)nn4c3C)sc2c1. The molecule has 1 N–H and O–H groups in total. The summed E-state index contributed by atoms with van der Waals surface area (Å²) >= 11 is 1.39. The van der Waals surface area contributed by atoms with Gasteiger partial charge in [0.2, 0.25) is 5.91 Å². The van der Waals surface area contributed by atoms with Crippen molar-refractivity contribution >= 4 is 38.4 Å². The van der Waals surface area contributed by atoms with Crippen LogP contribution in [0.2, 0.25) is 0 Å². The molecule has 0 saturated carbocycles. The lowest BCUT2D eigenvalue weighted by molar-refractivity contribution is -0.144. The van der Waals surface area contributed by atoms with Crippen LogP contribution in [0.15, 0.2) is 18.2 Å². The molecule has 11 heteroatoms. The van der Waals surface area contributed by atoms with Gasteiger partial charge in [0.1, 0.15) is 0 Å². The van der Waals surface area contributed by atoms with E-state index in [1.54, 1.807) is 13.8 Å². The number of benzene rings is 1. The number of rotatable bonds is 4. The standard InChI is InChI=1S/C19H17F3N6OS/c1-9-4-6-13-14(8-9)30-18(24-13)25-15(29)7-5-12-10(2)23-17-26-16(19(20,21)22)27-28(17)11(12)3/h4,6,8H,5,7H2,1-3H3,(H,24,25,29). The van der Waals surface area contributed by atoms with Crippen molar-refractivity contribution in [3.63, 3.8) is 0 Å². The minimum absolute atomic E-state index is 0.115. The summed E-state index contributed by atoms with van der Waals surface area (Å²) in [5, 5.41) is 6.81. The van der Waals surface area contributed by atoms with Crippen LogP contribution in [-0.4, -0.2) is 30.5 Å². The molecule has 4 aromatic rings. The quantitative estimate of drug-likeness (QED) is 0.519. The highest BCUT2D eigenvalue weighted by Crippen LogP contribution is 2.28. The lowest BCUT2D eigenvalue weighted by Gasteiger charge is -2.10. The van der Waals surface area contributed by atoms with Gasteiger partial charge in [-0.25, -0.2) is 14.5 Å². The second kappa shape index (κ2) is 7.31. The van der Waals surface area contributed by atoms with Gasteiger partial charge in [0, 0.05) is 17.8 Å². The van der Waals surface area contributed by atoms with Gasteiger partial charge >= 0.3 is 6.18 Å². The van der Waals surface area contributed by atoms with E-state index in [0.29, 0.717) is 28.5 Å². The smallest absolute Gasteiger partial charge is 0.302 e. The topological polar surface area (TPSA) is 85.1 Å². The highest BCUT2D eigenvalue weighted by molar-refractivity contribution is 7.22. The number of hydrogen-bond acceptors (Lipinski definition) is 6. The number of fused-ring (bicyclic) bond motifs is 2. The molecule has 0 fully saturated rings. The molecule has 0 bridgehead atoms. The molecule has 1 amide bonds. The second-order valence-electron chi connectivity index (χ2n) is 6.94. The van der Waals surface area contributed by atoms with Crippen molar-refractivity contribution in [3.8, 4) is 0 Å². The van der Waals surface area contributed by atoms with E-state index in [9.17, 15) is 18.0 Å². The van der Waals surface area contributed by atoms with Crippen molar-refractivity contribution in [2.24, 2.45) is 0 Å². The van der Waals surface area contributed by atoms with E-state index in [0.717, 1.165) is 20.3 Å². The number of anilines is 1. The van der Waals surface area contributed by atoms with Crippen LogP contribution >= 0.6 is 11.3 Å². The summed E-state index contributed by atoms with van der Waals surface area (Å²) in [4.78, 5) is 24.4. The van der Waals surface area contributed by atoms with E-state index in [1.165, 1.54) is 11.3 Å². The van der Waals surface area contributed by atoms with Crippen LogP contribution in [0.1, 0.15) is 34.8 Å². The van der Waals surface area contributed by atoms with Crippen molar-refractivity contribution in [1.29, 1.82) is 0 Å². The molecule has 0 radical (unpaired) electrons. The molecule has 156 valence electrons. The van der Waals surface area contributed by atoms with Gasteiger partial charge in [-0.3, -0.25) is 4.79 Å². The molecular formula is C19H17F3N6OS. The van der Waals surface area contributed by atoms with Crippen LogP contribution < -0.4 is 5.32 Å². The Morgan fingerprint density at radius 1 is 1.17 bits per heavy atom. The van der Waals surface area contributed by atoms with Gasteiger partial charge in [-0.05, 0) is 50.5 Å². The van der Waals surface area contributed by atoms with E-state index >= 15 is 0 Å². The highest BCUT2D eigenvalue weighted by atomic mass is 32.1. The maximum Gasteiger partial charge on any atom is 0.453 e. The number of alkyl halides is 3. The third-order valence-electron chi connectivity index (χ3n) is 4.69. The third kappa shape index (κ3) is 3.84. The molecule has 0 spiro atoms. The number of carbonyl (C=O) groups is 1. The van der Waals surface area contributed by atoms with E-state index in [1.807, 2.05) is 25.1 Å². The predicted molar refractivity (Wildman–Crippen MR) is 107 cm³/mol. The number of hydrogen-bond donors (Lipinski definition) is 1. The molecule has 1 aromatic carbocycles. The first kappa shape index (κ1) is 20.2. The maximum absolute atomic E-state index is 12.9. The normalized spacial score (nSPS) is 12.1. The maximum atomic E-state index is 12.9. The van der Waals surface area contributed by atoms with Gasteiger partial charge in [-0.1, -0.05) is 17.4 Å². The number of aromatic nitrogens is 5. The Morgan fingerprint density at radius 2 is 1.93 bits per heavy atom. The van der Waals surface area contributed by atoms with Crippen LogP contribution in [0.4, 0.5) is 18.3 Å². The molecule has 0 aliphatic rings. The zero-order valence-electron chi connectivity index (χ0n) is 16.3. The number of thiazole rings is 1. The average molecular weight is 434 g/mol. The molecule has 0 saturated heterocycles. The van der Waals surface area contributed by atoms with Gasteiger partial charge in [-0.15, -0.1) is 5.10 Å². The van der Waals surface area contributed by atoms with Crippen LogP contribution in [0.3, 0.4) is 0 Å². The Labute approximate surface area is 173 Å². The molecular weight excluding hydrogens is 417 g/mol. The monoisotopic (exact) mass is 434 g/mol. The number of amides is 1. The number of nitrogens with one attached hydrogen (secondary N) is 1. The Bertz CT molecular complexity index is 1280. The molecule has 30 heavy (non-hydrogen) atoms. The first-order valence-corrected chi connectivity index (χ1v) is 9.90. The average Bonchev–Trinajstić information content (AvgIpc) is 3.24.